The van der Waals surface area contributed by atoms with Crippen molar-refractivity contribution in [3.8, 4) is 0 Å². The van der Waals surface area contributed by atoms with Gasteiger partial charge in [0.15, 0.2) is 5.96 Å². The van der Waals surface area contributed by atoms with E-state index in [2.05, 4.69) is 22.2 Å². The summed E-state index contributed by atoms with van der Waals surface area (Å²) in [7, 11) is -3.10. The highest BCUT2D eigenvalue weighted by atomic mass is 32.2. The fraction of sp³-hybridized carbons (Fsp3) is 0.611. The Labute approximate surface area is 156 Å². The average molecular weight is 383 g/mol. The number of hydrogen-bond donors (Lipinski definition) is 2. The topological polar surface area (TPSA) is 86.9 Å². The van der Waals surface area contributed by atoms with Crippen LogP contribution in [0.1, 0.15) is 32.4 Å². The Balaban J connectivity index is 1.86. The van der Waals surface area contributed by atoms with Gasteiger partial charge >= 0.3 is 0 Å². The van der Waals surface area contributed by atoms with Gasteiger partial charge < -0.3 is 15.1 Å². The molecule has 1 aromatic heterocycles. The van der Waals surface area contributed by atoms with E-state index in [4.69, 9.17) is 4.42 Å². The molecule has 0 saturated carbocycles. The second kappa shape index (κ2) is 9.78. The van der Waals surface area contributed by atoms with E-state index in [9.17, 15) is 8.42 Å². The molecule has 1 aromatic rings. The summed E-state index contributed by atoms with van der Waals surface area (Å²) in [4.78, 5) is 4.55. The molecule has 0 aliphatic carbocycles. The zero-order chi connectivity index (χ0) is 19.0. The molecule has 146 valence electrons. The molecule has 1 fully saturated rings. The maximum atomic E-state index is 12.0. The molecule has 0 amide bonds. The molecule has 0 atom stereocenters. The highest BCUT2D eigenvalue weighted by Crippen LogP contribution is 2.14. The maximum Gasteiger partial charge on any atom is 0.213 e. The number of rotatable bonds is 8. The van der Waals surface area contributed by atoms with E-state index in [1.54, 1.807) is 17.5 Å². The van der Waals surface area contributed by atoms with Crippen molar-refractivity contribution in [3.63, 3.8) is 0 Å². The van der Waals surface area contributed by atoms with E-state index >= 15 is 0 Å². The largest absolute Gasteiger partial charge is 0.469 e. The molecule has 0 unspecified atom stereocenters. The summed E-state index contributed by atoms with van der Waals surface area (Å²) in [6.45, 7) is 9.88. The van der Waals surface area contributed by atoms with Crippen LogP contribution in [0, 0.1) is 0 Å². The first-order valence-corrected chi connectivity index (χ1v) is 10.7. The number of guanidine groups is 1. The van der Waals surface area contributed by atoms with Gasteiger partial charge in [-0.15, -0.1) is 0 Å². The van der Waals surface area contributed by atoms with Crippen LogP contribution in [-0.2, 0) is 16.4 Å². The summed E-state index contributed by atoms with van der Waals surface area (Å²) in [5.74, 6) is 1.82. The van der Waals surface area contributed by atoms with E-state index in [1.807, 2.05) is 19.1 Å². The zero-order valence-electron chi connectivity index (χ0n) is 15.7. The molecule has 1 saturated heterocycles. The molecule has 7 nitrogen and oxygen atoms in total. The van der Waals surface area contributed by atoms with Crippen molar-refractivity contribution >= 4 is 16.0 Å². The average Bonchev–Trinajstić information content (AvgIpc) is 3.13. The van der Waals surface area contributed by atoms with Gasteiger partial charge in [0.2, 0.25) is 10.0 Å². The Morgan fingerprint density at radius 3 is 2.73 bits per heavy atom. The van der Waals surface area contributed by atoms with Gasteiger partial charge in [-0.3, -0.25) is 0 Å². The van der Waals surface area contributed by atoms with Crippen LogP contribution in [0.2, 0.25) is 0 Å². The molecular weight excluding hydrogens is 352 g/mol. The lowest BCUT2D eigenvalue weighted by molar-refractivity contribution is 0.306. The molecule has 0 bridgehead atoms. The standard InChI is InChI=1S/C18H30N4O3S/c1-4-26(23,24)22-11-8-16(9-12-22)21-18(20-14-15(2)3)19-10-7-17-6-5-13-25-17/h5-6,13,16H,2,4,7-12,14H2,1,3H3,(H2,19,20,21). The molecule has 0 spiro atoms. The minimum atomic E-state index is -3.10. The number of hydrogen-bond acceptors (Lipinski definition) is 4. The van der Waals surface area contributed by atoms with Crippen molar-refractivity contribution in [3.05, 3.63) is 36.3 Å². The normalized spacial score (nSPS) is 17.2. The van der Waals surface area contributed by atoms with Gasteiger partial charge in [-0.2, -0.15) is 0 Å². The van der Waals surface area contributed by atoms with Crippen LogP contribution in [0.15, 0.2) is 40.0 Å². The Morgan fingerprint density at radius 2 is 2.15 bits per heavy atom. The van der Waals surface area contributed by atoms with Crippen molar-refractivity contribution in [2.75, 3.05) is 31.9 Å². The monoisotopic (exact) mass is 382 g/mol. The zero-order valence-corrected chi connectivity index (χ0v) is 16.5. The van der Waals surface area contributed by atoms with Gasteiger partial charge in [0.05, 0.1) is 18.6 Å². The predicted molar refractivity (Wildman–Crippen MR) is 105 cm³/mol. The number of nitrogens with one attached hydrogen (secondary N) is 2. The van der Waals surface area contributed by atoms with Crippen molar-refractivity contribution < 1.29 is 12.8 Å². The summed E-state index contributed by atoms with van der Waals surface area (Å²) in [5, 5.41) is 6.75. The Bertz CT molecular complexity index is 690. The molecule has 0 radical (unpaired) electrons. The van der Waals surface area contributed by atoms with Crippen LogP contribution in [0.25, 0.3) is 0 Å². The SMILES string of the molecule is C=C(C)CN=C(NCCc1ccco1)NC1CCN(S(=O)(=O)CC)CC1. The number of nitrogens with zero attached hydrogens (tertiary/aromatic N) is 2. The molecule has 2 heterocycles. The number of sulfonamides is 1. The summed E-state index contributed by atoms with van der Waals surface area (Å²) >= 11 is 0. The van der Waals surface area contributed by atoms with Gasteiger partial charge in [0, 0.05) is 32.1 Å². The van der Waals surface area contributed by atoms with Gasteiger partial charge in [0.25, 0.3) is 0 Å². The third kappa shape index (κ3) is 6.49. The van der Waals surface area contributed by atoms with E-state index < -0.39 is 10.0 Å². The van der Waals surface area contributed by atoms with Gasteiger partial charge in [-0.05, 0) is 38.8 Å². The second-order valence-electron chi connectivity index (χ2n) is 6.60. The number of aliphatic imine (C=N–C) groups is 1. The summed E-state index contributed by atoms with van der Waals surface area (Å²) in [5.41, 5.74) is 0.987. The lowest BCUT2D eigenvalue weighted by Gasteiger charge is -2.32. The Hall–Kier alpha value is -1.80. The summed E-state index contributed by atoms with van der Waals surface area (Å²) in [6, 6.07) is 4.03. The van der Waals surface area contributed by atoms with Crippen molar-refractivity contribution in [1.29, 1.82) is 0 Å². The molecule has 2 N–H and O–H groups in total. The van der Waals surface area contributed by atoms with Crippen LogP contribution in [-0.4, -0.2) is 56.7 Å². The first-order chi connectivity index (χ1) is 12.4. The highest BCUT2D eigenvalue weighted by Gasteiger charge is 2.27. The maximum absolute atomic E-state index is 12.0. The van der Waals surface area contributed by atoms with E-state index in [0.29, 0.717) is 26.2 Å². The quantitative estimate of drug-likeness (QED) is 0.406. The number of furan rings is 1. The molecule has 0 aromatic carbocycles. The molecule has 1 aliphatic heterocycles. The van der Waals surface area contributed by atoms with Crippen molar-refractivity contribution in [2.45, 2.75) is 39.2 Å². The van der Waals surface area contributed by atoms with Crippen LogP contribution >= 0.6 is 0 Å². The van der Waals surface area contributed by atoms with Crippen molar-refractivity contribution in [1.82, 2.24) is 14.9 Å². The van der Waals surface area contributed by atoms with Crippen molar-refractivity contribution in [2.24, 2.45) is 4.99 Å². The highest BCUT2D eigenvalue weighted by molar-refractivity contribution is 7.89. The van der Waals surface area contributed by atoms with E-state index in [-0.39, 0.29) is 11.8 Å². The van der Waals surface area contributed by atoms with E-state index in [1.165, 1.54) is 0 Å². The molecule has 1 aliphatic rings. The first-order valence-electron chi connectivity index (χ1n) is 9.10. The fourth-order valence-corrected chi connectivity index (χ4v) is 3.91. The van der Waals surface area contributed by atoms with Gasteiger partial charge in [0.1, 0.15) is 5.76 Å². The van der Waals surface area contributed by atoms with Crippen LogP contribution in [0.3, 0.4) is 0 Å². The molecular formula is C18H30N4O3S. The first kappa shape index (κ1) is 20.5. The smallest absolute Gasteiger partial charge is 0.213 e. The molecule has 26 heavy (non-hydrogen) atoms. The summed E-state index contributed by atoms with van der Waals surface area (Å²) < 4.78 is 30.9. The van der Waals surface area contributed by atoms with Crippen LogP contribution in [0.4, 0.5) is 0 Å². The third-order valence-corrected chi connectivity index (χ3v) is 6.19. The molecule has 8 heteroatoms. The number of piperidine rings is 1. The van der Waals surface area contributed by atoms with Crippen LogP contribution in [0.5, 0.6) is 0 Å². The molecule has 2 rings (SSSR count). The third-order valence-electron chi connectivity index (χ3n) is 4.30. The lowest BCUT2D eigenvalue weighted by atomic mass is 10.1. The van der Waals surface area contributed by atoms with Gasteiger partial charge in [-0.1, -0.05) is 12.2 Å². The minimum absolute atomic E-state index is 0.157. The van der Waals surface area contributed by atoms with E-state index in [0.717, 1.165) is 36.6 Å². The Kier molecular flexibility index (Phi) is 7.71. The predicted octanol–water partition coefficient (Wildman–Crippen LogP) is 1.75. The Morgan fingerprint density at radius 1 is 1.42 bits per heavy atom. The second-order valence-corrected chi connectivity index (χ2v) is 8.85. The van der Waals surface area contributed by atoms with Gasteiger partial charge in [-0.25, -0.2) is 17.7 Å². The minimum Gasteiger partial charge on any atom is -0.469 e. The fourth-order valence-electron chi connectivity index (χ4n) is 2.78. The summed E-state index contributed by atoms with van der Waals surface area (Å²) in [6.07, 6.45) is 3.98. The van der Waals surface area contributed by atoms with Crippen LogP contribution < -0.4 is 10.6 Å². The lowest BCUT2D eigenvalue weighted by Crippen LogP contribution is -2.50.